The van der Waals surface area contributed by atoms with E-state index in [1.807, 2.05) is 29.3 Å². The molecule has 1 N–H and O–H groups in total. The van der Waals surface area contributed by atoms with E-state index < -0.39 is 0 Å². The van der Waals surface area contributed by atoms with E-state index in [4.69, 9.17) is 0 Å². The van der Waals surface area contributed by atoms with Crippen LogP contribution in [0.1, 0.15) is 16.8 Å². The van der Waals surface area contributed by atoms with Gasteiger partial charge in [-0.15, -0.1) is 0 Å². The highest BCUT2D eigenvalue weighted by Crippen LogP contribution is 2.17. The molecule has 1 aliphatic heterocycles. The average Bonchev–Trinajstić information content (AvgIpc) is 2.83. The second kappa shape index (κ2) is 4.64. The summed E-state index contributed by atoms with van der Waals surface area (Å²) in [6.45, 7) is 1.36. The van der Waals surface area contributed by atoms with Crippen molar-refractivity contribution >= 4 is 5.91 Å². The summed E-state index contributed by atoms with van der Waals surface area (Å²) in [5, 5.41) is 0. The second-order valence-electron chi connectivity index (χ2n) is 4.57. The van der Waals surface area contributed by atoms with Gasteiger partial charge in [-0.3, -0.25) is 4.79 Å². The fourth-order valence-corrected chi connectivity index (χ4v) is 2.37. The Balaban J connectivity index is 1.78. The molecule has 18 heavy (non-hydrogen) atoms. The molecule has 2 heterocycles. The van der Waals surface area contributed by atoms with Crippen molar-refractivity contribution in [1.82, 2.24) is 14.9 Å². The summed E-state index contributed by atoms with van der Waals surface area (Å²) in [5.74, 6) is 0.183. The van der Waals surface area contributed by atoms with Crippen molar-refractivity contribution in [2.75, 3.05) is 6.54 Å². The van der Waals surface area contributed by atoms with Crippen molar-refractivity contribution in [3.8, 4) is 0 Å². The lowest BCUT2D eigenvalue weighted by atomic mass is 10.0. The third kappa shape index (κ3) is 2.14. The van der Waals surface area contributed by atoms with Gasteiger partial charge in [-0.2, -0.15) is 0 Å². The maximum Gasteiger partial charge on any atom is 0.227 e. The first-order chi connectivity index (χ1) is 8.83. The Labute approximate surface area is 106 Å². The number of imidazole rings is 1. The maximum atomic E-state index is 12.2. The lowest BCUT2D eigenvalue weighted by Gasteiger charge is -2.18. The number of H-pyrrole nitrogens is 1. The Kier molecular flexibility index (Phi) is 2.84. The molecule has 0 bridgehead atoms. The van der Waals surface area contributed by atoms with Gasteiger partial charge in [0.05, 0.1) is 25.0 Å². The molecular weight excluding hydrogens is 226 g/mol. The molecule has 4 heteroatoms. The van der Waals surface area contributed by atoms with Gasteiger partial charge in [-0.1, -0.05) is 24.3 Å². The van der Waals surface area contributed by atoms with Gasteiger partial charge in [0.25, 0.3) is 0 Å². The van der Waals surface area contributed by atoms with Gasteiger partial charge < -0.3 is 9.88 Å². The number of amides is 1. The second-order valence-corrected chi connectivity index (χ2v) is 4.57. The molecular formula is C14H15N3O. The van der Waals surface area contributed by atoms with E-state index in [9.17, 15) is 4.79 Å². The van der Waals surface area contributed by atoms with Gasteiger partial charge in [0.1, 0.15) is 0 Å². The van der Waals surface area contributed by atoms with E-state index in [0.29, 0.717) is 13.0 Å². The van der Waals surface area contributed by atoms with Gasteiger partial charge in [0, 0.05) is 12.7 Å². The standard InChI is InChI=1S/C14H15N3O/c18-14-7-12-4-2-1-3-11(12)5-6-17(14)9-13-8-15-10-16-13/h1-4,8,10H,5-7,9H2,(H,15,16). The summed E-state index contributed by atoms with van der Waals surface area (Å²) in [6.07, 6.45) is 4.91. The van der Waals surface area contributed by atoms with Crippen molar-refractivity contribution in [2.24, 2.45) is 0 Å². The Morgan fingerprint density at radius 1 is 1.28 bits per heavy atom. The number of fused-ring (bicyclic) bond motifs is 1. The number of aromatic amines is 1. The van der Waals surface area contributed by atoms with Crippen LogP contribution in [-0.4, -0.2) is 27.3 Å². The number of nitrogens with zero attached hydrogens (tertiary/aromatic N) is 2. The van der Waals surface area contributed by atoms with Crippen LogP contribution in [0.3, 0.4) is 0 Å². The highest BCUT2D eigenvalue weighted by molar-refractivity contribution is 5.79. The van der Waals surface area contributed by atoms with E-state index >= 15 is 0 Å². The van der Waals surface area contributed by atoms with Crippen molar-refractivity contribution in [3.05, 3.63) is 53.6 Å². The predicted molar refractivity (Wildman–Crippen MR) is 67.9 cm³/mol. The molecule has 1 aliphatic rings. The number of carbonyl (C=O) groups excluding carboxylic acids is 1. The minimum Gasteiger partial charge on any atom is -0.351 e. The molecule has 0 fully saturated rings. The van der Waals surface area contributed by atoms with Crippen LogP contribution in [0.4, 0.5) is 0 Å². The van der Waals surface area contributed by atoms with Gasteiger partial charge >= 0.3 is 0 Å². The number of hydrogen-bond acceptors (Lipinski definition) is 2. The van der Waals surface area contributed by atoms with E-state index in [0.717, 1.165) is 24.2 Å². The molecule has 1 aromatic carbocycles. The van der Waals surface area contributed by atoms with Crippen LogP contribution in [0, 0.1) is 0 Å². The van der Waals surface area contributed by atoms with Crippen molar-refractivity contribution in [2.45, 2.75) is 19.4 Å². The summed E-state index contributed by atoms with van der Waals surface area (Å²) >= 11 is 0. The topological polar surface area (TPSA) is 49.0 Å². The van der Waals surface area contributed by atoms with Crippen LogP contribution in [0.2, 0.25) is 0 Å². The highest BCUT2D eigenvalue weighted by Gasteiger charge is 2.20. The van der Waals surface area contributed by atoms with Gasteiger partial charge in [-0.05, 0) is 17.5 Å². The average molecular weight is 241 g/mol. The van der Waals surface area contributed by atoms with E-state index in [1.165, 1.54) is 5.56 Å². The first-order valence-corrected chi connectivity index (χ1v) is 6.15. The summed E-state index contributed by atoms with van der Waals surface area (Å²) in [4.78, 5) is 21.2. The molecule has 3 rings (SSSR count). The zero-order chi connectivity index (χ0) is 12.4. The largest absolute Gasteiger partial charge is 0.351 e. The quantitative estimate of drug-likeness (QED) is 0.867. The molecule has 0 atom stereocenters. The van der Waals surface area contributed by atoms with Gasteiger partial charge in [0.15, 0.2) is 0 Å². The monoisotopic (exact) mass is 241 g/mol. The summed E-state index contributed by atoms with van der Waals surface area (Å²) in [5.41, 5.74) is 3.36. The van der Waals surface area contributed by atoms with Gasteiger partial charge in [0.2, 0.25) is 5.91 Å². The smallest absolute Gasteiger partial charge is 0.227 e. The van der Waals surface area contributed by atoms with E-state index in [1.54, 1.807) is 6.33 Å². The number of hydrogen-bond donors (Lipinski definition) is 1. The molecule has 0 unspecified atom stereocenters. The molecule has 4 nitrogen and oxygen atoms in total. The lowest BCUT2D eigenvalue weighted by molar-refractivity contribution is -0.130. The Bertz CT molecular complexity index is 548. The van der Waals surface area contributed by atoms with Crippen molar-refractivity contribution < 1.29 is 4.79 Å². The fourth-order valence-electron chi connectivity index (χ4n) is 2.37. The number of carbonyl (C=O) groups is 1. The molecule has 0 spiro atoms. The summed E-state index contributed by atoms with van der Waals surface area (Å²) < 4.78 is 0. The van der Waals surface area contributed by atoms with Crippen LogP contribution in [0.15, 0.2) is 36.8 Å². The van der Waals surface area contributed by atoms with Crippen LogP contribution in [0.25, 0.3) is 0 Å². The predicted octanol–water partition coefficient (Wildman–Crippen LogP) is 1.54. The van der Waals surface area contributed by atoms with Crippen molar-refractivity contribution in [3.63, 3.8) is 0 Å². The first-order valence-electron chi connectivity index (χ1n) is 6.15. The van der Waals surface area contributed by atoms with Crippen LogP contribution in [0.5, 0.6) is 0 Å². The number of nitrogens with one attached hydrogen (secondary N) is 1. The summed E-state index contributed by atoms with van der Waals surface area (Å²) in [7, 11) is 0. The Morgan fingerprint density at radius 2 is 2.11 bits per heavy atom. The zero-order valence-electron chi connectivity index (χ0n) is 10.1. The van der Waals surface area contributed by atoms with Crippen LogP contribution in [-0.2, 0) is 24.2 Å². The number of aromatic nitrogens is 2. The number of rotatable bonds is 2. The SMILES string of the molecule is O=C1Cc2ccccc2CCN1Cc1c[nH]cn1. The summed E-state index contributed by atoms with van der Waals surface area (Å²) in [6, 6.07) is 8.19. The van der Waals surface area contributed by atoms with Crippen LogP contribution >= 0.6 is 0 Å². The minimum atomic E-state index is 0.183. The van der Waals surface area contributed by atoms with E-state index in [2.05, 4.69) is 16.0 Å². The zero-order valence-corrected chi connectivity index (χ0v) is 10.1. The highest BCUT2D eigenvalue weighted by atomic mass is 16.2. The third-order valence-electron chi connectivity index (χ3n) is 3.37. The molecule has 0 radical (unpaired) electrons. The normalized spacial score (nSPS) is 15.3. The van der Waals surface area contributed by atoms with E-state index in [-0.39, 0.29) is 5.91 Å². The maximum absolute atomic E-state index is 12.2. The van der Waals surface area contributed by atoms with Crippen LogP contribution < -0.4 is 0 Å². The van der Waals surface area contributed by atoms with Crippen molar-refractivity contribution in [1.29, 1.82) is 0 Å². The molecule has 2 aromatic rings. The Hall–Kier alpha value is -2.10. The first kappa shape index (κ1) is 11.0. The number of benzene rings is 1. The molecule has 1 amide bonds. The lowest BCUT2D eigenvalue weighted by Crippen LogP contribution is -2.31. The molecule has 0 saturated heterocycles. The molecule has 1 aromatic heterocycles. The third-order valence-corrected chi connectivity index (χ3v) is 3.37. The molecule has 0 saturated carbocycles. The minimum absolute atomic E-state index is 0.183. The Morgan fingerprint density at radius 3 is 2.89 bits per heavy atom. The van der Waals surface area contributed by atoms with Gasteiger partial charge in [-0.25, -0.2) is 4.98 Å². The molecule has 92 valence electrons. The fraction of sp³-hybridized carbons (Fsp3) is 0.286. The molecule has 0 aliphatic carbocycles.